The highest BCUT2D eigenvalue weighted by Crippen LogP contribution is 2.26. The number of Topliss-reactive ketones (excluding diaryl/α,β-unsaturated/α-hetero) is 1. The Kier molecular flexibility index (Phi) is 3.82. The van der Waals surface area contributed by atoms with Crippen molar-refractivity contribution in [3.63, 3.8) is 0 Å². The van der Waals surface area contributed by atoms with Crippen molar-refractivity contribution in [1.29, 1.82) is 0 Å². The monoisotopic (exact) mass is 249 g/mol. The second-order valence-corrected chi connectivity index (χ2v) is 4.18. The van der Waals surface area contributed by atoms with Gasteiger partial charge in [0.05, 0.1) is 6.61 Å². The zero-order valence-electron chi connectivity index (χ0n) is 9.94. The van der Waals surface area contributed by atoms with Crippen LogP contribution >= 0.6 is 0 Å². The number of ether oxygens (including phenoxy) is 1. The Bertz CT molecular complexity index is 470. The number of carbonyl (C=O) groups is 2. The molecule has 0 unspecified atom stereocenters. The predicted octanol–water partition coefficient (Wildman–Crippen LogP) is 1.85. The van der Waals surface area contributed by atoms with Crippen LogP contribution in [0.2, 0.25) is 0 Å². The van der Waals surface area contributed by atoms with Gasteiger partial charge in [-0.3, -0.25) is 4.79 Å². The number of fused-ring (bicyclic) bond motifs is 1. The third-order valence-corrected chi connectivity index (χ3v) is 2.87. The molecule has 1 amide bonds. The minimum Gasteiger partial charge on any atom is -0.493 e. The van der Waals surface area contributed by atoms with E-state index in [-0.39, 0.29) is 5.78 Å². The maximum absolute atomic E-state index is 11.9. The zero-order valence-corrected chi connectivity index (χ0v) is 9.94. The summed E-state index contributed by atoms with van der Waals surface area (Å²) in [6, 6.07) is 5.50. The van der Waals surface area contributed by atoms with Crippen LogP contribution in [0.15, 0.2) is 18.2 Å². The van der Waals surface area contributed by atoms with Gasteiger partial charge in [-0.15, -0.1) is 0 Å². The molecule has 2 rings (SSSR count). The lowest BCUT2D eigenvalue weighted by atomic mass is 10.0. The molecule has 0 aliphatic carbocycles. The fraction of sp³-hybridized carbons (Fsp3) is 0.385. The topological polar surface area (TPSA) is 75.6 Å². The van der Waals surface area contributed by atoms with Gasteiger partial charge >= 0.3 is 6.09 Å². The molecule has 1 heterocycles. The first kappa shape index (κ1) is 12.4. The predicted molar refractivity (Wildman–Crippen MR) is 65.2 cm³/mol. The Morgan fingerprint density at radius 3 is 3.00 bits per heavy atom. The van der Waals surface area contributed by atoms with Crippen molar-refractivity contribution in [2.45, 2.75) is 19.3 Å². The van der Waals surface area contributed by atoms with E-state index in [9.17, 15) is 9.59 Å². The fourth-order valence-corrected chi connectivity index (χ4v) is 1.93. The van der Waals surface area contributed by atoms with Crippen LogP contribution < -0.4 is 10.1 Å². The normalized spacial score (nSPS) is 12.7. The van der Waals surface area contributed by atoms with Crippen LogP contribution in [0.5, 0.6) is 5.75 Å². The molecule has 0 saturated heterocycles. The van der Waals surface area contributed by atoms with E-state index in [1.165, 1.54) is 0 Å². The second-order valence-electron chi connectivity index (χ2n) is 4.18. The molecule has 1 aromatic carbocycles. The number of nitrogens with one attached hydrogen (secondary N) is 1. The highest BCUT2D eigenvalue weighted by atomic mass is 16.5. The third-order valence-electron chi connectivity index (χ3n) is 2.87. The van der Waals surface area contributed by atoms with Crippen LogP contribution in [0.25, 0.3) is 0 Å². The SMILES string of the molecule is O=C(O)NCCCC(=O)c1ccc2c(c1)OCC2. The van der Waals surface area contributed by atoms with E-state index in [1.54, 1.807) is 12.1 Å². The number of amides is 1. The summed E-state index contributed by atoms with van der Waals surface area (Å²) >= 11 is 0. The zero-order chi connectivity index (χ0) is 13.0. The van der Waals surface area contributed by atoms with Crippen molar-refractivity contribution < 1.29 is 19.4 Å². The summed E-state index contributed by atoms with van der Waals surface area (Å²) in [5.41, 5.74) is 1.77. The molecule has 0 spiro atoms. The van der Waals surface area contributed by atoms with Gasteiger partial charge in [-0.2, -0.15) is 0 Å². The van der Waals surface area contributed by atoms with E-state index in [1.807, 2.05) is 6.07 Å². The number of ketones is 1. The molecule has 1 aliphatic heterocycles. The number of hydrogen-bond donors (Lipinski definition) is 2. The van der Waals surface area contributed by atoms with Gasteiger partial charge in [-0.1, -0.05) is 12.1 Å². The van der Waals surface area contributed by atoms with Crippen molar-refractivity contribution in [2.24, 2.45) is 0 Å². The van der Waals surface area contributed by atoms with Crippen molar-refractivity contribution in [3.8, 4) is 5.75 Å². The highest BCUT2D eigenvalue weighted by molar-refractivity contribution is 5.96. The molecule has 5 nitrogen and oxygen atoms in total. The lowest BCUT2D eigenvalue weighted by molar-refractivity contribution is 0.0979. The van der Waals surface area contributed by atoms with E-state index >= 15 is 0 Å². The molecule has 2 N–H and O–H groups in total. The fourth-order valence-electron chi connectivity index (χ4n) is 1.93. The van der Waals surface area contributed by atoms with Gasteiger partial charge in [0.25, 0.3) is 0 Å². The summed E-state index contributed by atoms with van der Waals surface area (Å²) in [6.07, 6.45) is 0.669. The molecule has 0 bridgehead atoms. The van der Waals surface area contributed by atoms with Gasteiger partial charge in [0.2, 0.25) is 0 Å². The summed E-state index contributed by atoms with van der Waals surface area (Å²) in [5, 5.41) is 10.6. The number of benzene rings is 1. The average Bonchev–Trinajstić information content (AvgIpc) is 2.81. The minimum absolute atomic E-state index is 0.0143. The third kappa shape index (κ3) is 3.00. The second kappa shape index (κ2) is 5.53. The molecule has 1 aromatic rings. The Morgan fingerprint density at radius 1 is 1.39 bits per heavy atom. The Hall–Kier alpha value is -2.04. The number of hydrogen-bond acceptors (Lipinski definition) is 3. The summed E-state index contributed by atoms with van der Waals surface area (Å²) in [6.45, 7) is 0.970. The lowest BCUT2D eigenvalue weighted by Gasteiger charge is -2.04. The van der Waals surface area contributed by atoms with E-state index in [2.05, 4.69) is 5.32 Å². The number of carboxylic acid groups (broad SMARTS) is 1. The molecule has 0 fully saturated rings. The quantitative estimate of drug-likeness (QED) is 0.617. The van der Waals surface area contributed by atoms with Crippen LogP contribution in [0.1, 0.15) is 28.8 Å². The Balaban J connectivity index is 1.87. The molecule has 0 saturated carbocycles. The molecule has 18 heavy (non-hydrogen) atoms. The maximum atomic E-state index is 11.9. The maximum Gasteiger partial charge on any atom is 0.404 e. The van der Waals surface area contributed by atoms with E-state index in [4.69, 9.17) is 9.84 Å². The number of rotatable bonds is 5. The van der Waals surface area contributed by atoms with Crippen molar-refractivity contribution in [3.05, 3.63) is 29.3 Å². The van der Waals surface area contributed by atoms with Crippen molar-refractivity contribution in [1.82, 2.24) is 5.32 Å². The first-order chi connectivity index (χ1) is 8.66. The van der Waals surface area contributed by atoms with E-state index in [0.29, 0.717) is 31.6 Å². The minimum atomic E-state index is -1.06. The van der Waals surface area contributed by atoms with Crippen molar-refractivity contribution in [2.75, 3.05) is 13.2 Å². The van der Waals surface area contributed by atoms with Crippen LogP contribution in [0.4, 0.5) is 4.79 Å². The molecular formula is C13H15NO4. The molecule has 5 heteroatoms. The summed E-state index contributed by atoms with van der Waals surface area (Å²) in [4.78, 5) is 22.1. The largest absolute Gasteiger partial charge is 0.493 e. The lowest BCUT2D eigenvalue weighted by Crippen LogP contribution is -2.22. The number of carbonyl (C=O) groups excluding carboxylic acids is 1. The molecule has 1 aliphatic rings. The van der Waals surface area contributed by atoms with Gasteiger partial charge in [0.1, 0.15) is 5.75 Å². The van der Waals surface area contributed by atoms with Gasteiger partial charge in [0.15, 0.2) is 5.78 Å². The van der Waals surface area contributed by atoms with Gasteiger partial charge in [-0.05, 0) is 18.1 Å². The Morgan fingerprint density at radius 2 is 2.22 bits per heavy atom. The van der Waals surface area contributed by atoms with Gasteiger partial charge < -0.3 is 15.2 Å². The summed E-state index contributed by atoms with van der Waals surface area (Å²) in [7, 11) is 0. The summed E-state index contributed by atoms with van der Waals surface area (Å²) in [5.74, 6) is 0.810. The Labute approximate surface area is 105 Å². The average molecular weight is 249 g/mol. The molecule has 0 aromatic heterocycles. The van der Waals surface area contributed by atoms with Crippen LogP contribution in [0, 0.1) is 0 Å². The van der Waals surface area contributed by atoms with E-state index in [0.717, 1.165) is 17.7 Å². The van der Waals surface area contributed by atoms with Gasteiger partial charge in [0, 0.05) is 24.9 Å². The first-order valence-electron chi connectivity index (χ1n) is 5.92. The van der Waals surface area contributed by atoms with Gasteiger partial charge in [-0.25, -0.2) is 4.79 Å². The molecular weight excluding hydrogens is 234 g/mol. The molecule has 0 atom stereocenters. The van der Waals surface area contributed by atoms with Crippen LogP contribution in [-0.2, 0) is 6.42 Å². The first-order valence-corrected chi connectivity index (χ1v) is 5.92. The smallest absolute Gasteiger partial charge is 0.404 e. The van der Waals surface area contributed by atoms with Crippen LogP contribution in [0.3, 0.4) is 0 Å². The van der Waals surface area contributed by atoms with Crippen molar-refractivity contribution >= 4 is 11.9 Å². The highest BCUT2D eigenvalue weighted by Gasteiger charge is 2.14. The standard InChI is InChI=1S/C13H15NO4/c15-11(2-1-6-14-13(16)17)10-4-3-9-5-7-18-12(9)8-10/h3-4,8,14H,1-2,5-7H2,(H,16,17). The van der Waals surface area contributed by atoms with E-state index < -0.39 is 6.09 Å². The van der Waals surface area contributed by atoms with Crippen LogP contribution in [-0.4, -0.2) is 30.1 Å². The molecule has 0 radical (unpaired) electrons. The molecule has 96 valence electrons. The summed E-state index contributed by atoms with van der Waals surface area (Å²) < 4.78 is 5.40.